The first-order chi connectivity index (χ1) is 13.0. The van der Waals surface area contributed by atoms with Crippen LogP contribution >= 0.6 is 11.3 Å². The highest BCUT2D eigenvalue weighted by Crippen LogP contribution is 2.23. The van der Waals surface area contributed by atoms with Gasteiger partial charge in [-0.15, -0.1) is 11.3 Å². The molecule has 4 nitrogen and oxygen atoms in total. The van der Waals surface area contributed by atoms with Crippen molar-refractivity contribution in [2.24, 2.45) is 0 Å². The molecule has 0 saturated heterocycles. The number of nitrogens with one attached hydrogen (secondary N) is 1. The number of carbonyl (C=O) groups is 1. The summed E-state index contributed by atoms with van der Waals surface area (Å²) in [6.45, 7) is 6.39. The number of amides is 1. The molecule has 0 bridgehead atoms. The Morgan fingerprint density at radius 1 is 1.15 bits per heavy atom. The molecular formula is C22H24N2O2S. The maximum absolute atomic E-state index is 12.3. The number of nitrogens with zero attached hydrogens (tertiary/aromatic N) is 1. The lowest BCUT2D eigenvalue weighted by Gasteiger charge is -2.15. The third kappa shape index (κ3) is 5.17. The molecule has 0 radical (unpaired) electrons. The molecular weight excluding hydrogens is 356 g/mol. The third-order valence-electron chi connectivity index (χ3n) is 4.41. The zero-order chi connectivity index (χ0) is 19.2. The molecule has 2 aromatic carbocycles. The van der Waals surface area contributed by atoms with E-state index in [1.807, 2.05) is 48.7 Å². The molecule has 0 saturated carbocycles. The summed E-state index contributed by atoms with van der Waals surface area (Å²) in [5.74, 6) is 0.597. The minimum absolute atomic E-state index is 0.119. The van der Waals surface area contributed by atoms with Crippen LogP contribution in [-0.2, 0) is 11.2 Å². The quantitative estimate of drug-likeness (QED) is 0.654. The highest BCUT2D eigenvalue weighted by molar-refractivity contribution is 7.13. The SMILES string of the molecule is Cc1ccc(O[C@H](C)C(=O)NCCc2csc(-c3ccccc3)n2)cc1C. The molecule has 0 aliphatic rings. The van der Waals surface area contributed by atoms with Crippen LogP contribution in [0.25, 0.3) is 10.6 Å². The third-order valence-corrected chi connectivity index (χ3v) is 5.35. The standard InChI is InChI=1S/C22H24N2O2S/c1-15-9-10-20(13-16(15)2)26-17(3)21(25)23-12-11-19-14-27-22(24-19)18-7-5-4-6-8-18/h4-10,13-14,17H,11-12H2,1-3H3,(H,23,25)/t17-/m1/s1. The van der Waals surface area contributed by atoms with Crippen molar-refractivity contribution in [1.29, 1.82) is 0 Å². The zero-order valence-electron chi connectivity index (χ0n) is 15.9. The van der Waals surface area contributed by atoms with Crippen molar-refractivity contribution >= 4 is 17.2 Å². The maximum Gasteiger partial charge on any atom is 0.260 e. The van der Waals surface area contributed by atoms with Gasteiger partial charge in [0.2, 0.25) is 0 Å². The van der Waals surface area contributed by atoms with Crippen LogP contribution in [0.1, 0.15) is 23.7 Å². The van der Waals surface area contributed by atoms with Crippen LogP contribution in [0.3, 0.4) is 0 Å². The Morgan fingerprint density at radius 3 is 2.67 bits per heavy atom. The first-order valence-electron chi connectivity index (χ1n) is 9.04. The first kappa shape index (κ1) is 19.1. The molecule has 3 aromatic rings. The van der Waals surface area contributed by atoms with Crippen molar-refractivity contribution in [3.05, 3.63) is 70.7 Å². The summed E-state index contributed by atoms with van der Waals surface area (Å²) in [5, 5.41) is 5.98. The Hall–Kier alpha value is -2.66. The Kier molecular flexibility index (Phi) is 6.24. The summed E-state index contributed by atoms with van der Waals surface area (Å²) in [5.41, 5.74) is 4.46. The lowest BCUT2D eigenvalue weighted by molar-refractivity contribution is -0.127. The summed E-state index contributed by atoms with van der Waals surface area (Å²) < 4.78 is 5.75. The van der Waals surface area contributed by atoms with Gasteiger partial charge in [-0.2, -0.15) is 0 Å². The summed E-state index contributed by atoms with van der Waals surface area (Å²) in [4.78, 5) is 16.9. The Bertz CT molecular complexity index is 906. The number of hydrogen-bond donors (Lipinski definition) is 1. The highest BCUT2D eigenvalue weighted by Gasteiger charge is 2.14. The van der Waals surface area contributed by atoms with Crippen molar-refractivity contribution in [1.82, 2.24) is 10.3 Å². The fraction of sp³-hybridized carbons (Fsp3) is 0.273. The molecule has 0 aliphatic heterocycles. The Labute approximate surface area is 164 Å². The van der Waals surface area contributed by atoms with Crippen LogP contribution in [0.15, 0.2) is 53.9 Å². The molecule has 1 N–H and O–H groups in total. The normalized spacial score (nSPS) is 11.8. The number of ether oxygens (including phenoxy) is 1. The van der Waals surface area contributed by atoms with Crippen LogP contribution < -0.4 is 10.1 Å². The summed E-state index contributed by atoms with van der Waals surface area (Å²) in [6, 6.07) is 16.0. The molecule has 1 amide bonds. The van der Waals surface area contributed by atoms with Crippen molar-refractivity contribution in [2.75, 3.05) is 6.54 Å². The van der Waals surface area contributed by atoms with Crippen LogP contribution in [0.2, 0.25) is 0 Å². The molecule has 0 aliphatic carbocycles. The summed E-state index contributed by atoms with van der Waals surface area (Å²) >= 11 is 1.62. The molecule has 1 atom stereocenters. The molecule has 0 spiro atoms. The molecule has 140 valence electrons. The number of thiazole rings is 1. The average Bonchev–Trinajstić information content (AvgIpc) is 3.14. The monoisotopic (exact) mass is 380 g/mol. The summed E-state index contributed by atoms with van der Waals surface area (Å²) in [6.07, 6.45) is 0.160. The largest absolute Gasteiger partial charge is 0.481 e. The van der Waals surface area contributed by atoms with Gasteiger partial charge in [-0.25, -0.2) is 4.98 Å². The van der Waals surface area contributed by atoms with E-state index >= 15 is 0 Å². The maximum atomic E-state index is 12.3. The summed E-state index contributed by atoms with van der Waals surface area (Å²) in [7, 11) is 0. The van der Waals surface area contributed by atoms with E-state index in [0.717, 1.165) is 21.8 Å². The average molecular weight is 381 g/mol. The van der Waals surface area contributed by atoms with Crippen LogP contribution in [0, 0.1) is 13.8 Å². The van der Waals surface area contributed by atoms with Gasteiger partial charge in [-0.1, -0.05) is 36.4 Å². The number of carbonyl (C=O) groups excluding carboxylic acids is 1. The van der Waals surface area contributed by atoms with E-state index in [1.54, 1.807) is 18.3 Å². The first-order valence-corrected chi connectivity index (χ1v) is 9.92. The number of rotatable bonds is 7. The molecule has 0 fully saturated rings. The number of benzene rings is 2. The van der Waals surface area contributed by atoms with Gasteiger partial charge < -0.3 is 10.1 Å². The van der Waals surface area contributed by atoms with E-state index < -0.39 is 6.10 Å². The van der Waals surface area contributed by atoms with Crippen LogP contribution in [-0.4, -0.2) is 23.5 Å². The predicted molar refractivity (Wildman–Crippen MR) is 110 cm³/mol. The highest BCUT2D eigenvalue weighted by atomic mass is 32.1. The van der Waals surface area contributed by atoms with Crippen molar-refractivity contribution in [2.45, 2.75) is 33.3 Å². The lowest BCUT2D eigenvalue weighted by Crippen LogP contribution is -2.37. The van der Waals surface area contributed by atoms with E-state index in [2.05, 4.69) is 29.4 Å². The second-order valence-corrected chi connectivity index (χ2v) is 7.42. The van der Waals surface area contributed by atoms with Gasteiger partial charge in [-0.05, 0) is 44.0 Å². The zero-order valence-corrected chi connectivity index (χ0v) is 16.7. The van der Waals surface area contributed by atoms with Crippen molar-refractivity contribution in [3.8, 4) is 16.3 Å². The Morgan fingerprint density at radius 2 is 1.93 bits per heavy atom. The van der Waals surface area contributed by atoms with Gasteiger partial charge >= 0.3 is 0 Å². The minimum Gasteiger partial charge on any atom is -0.481 e. The van der Waals surface area contributed by atoms with Crippen molar-refractivity contribution < 1.29 is 9.53 Å². The second-order valence-electron chi connectivity index (χ2n) is 6.56. The smallest absolute Gasteiger partial charge is 0.260 e. The van der Waals surface area contributed by atoms with E-state index in [-0.39, 0.29) is 5.91 Å². The van der Waals surface area contributed by atoms with Gasteiger partial charge in [0.15, 0.2) is 6.10 Å². The van der Waals surface area contributed by atoms with E-state index in [9.17, 15) is 4.79 Å². The van der Waals surface area contributed by atoms with Gasteiger partial charge in [0.1, 0.15) is 10.8 Å². The van der Waals surface area contributed by atoms with Gasteiger partial charge in [0.25, 0.3) is 5.91 Å². The number of aromatic nitrogens is 1. The van der Waals surface area contributed by atoms with Gasteiger partial charge in [0.05, 0.1) is 5.69 Å². The number of aryl methyl sites for hydroxylation is 2. The second kappa shape index (κ2) is 8.82. The van der Waals surface area contributed by atoms with Crippen LogP contribution in [0.5, 0.6) is 5.75 Å². The molecule has 1 aromatic heterocycles. The van der Waals surface area contributed by atoms with Gasteiger partial charge in [0, 0.05) is 23.9 Å². The fourth-order valence-corrected chi connectivity index (χ4v) is 3.50. The minimum atomic E-state index is -0.539. The van der Waals surface area contributed by atoms with Crippen LogP contribution in [0.4, 0.5) is 0 Å². The predicted octanol–water partition coefficient (Wildman–Crippen LogP) is 4.55. The number of hydrogen-bond acceptors (Lipinski definition) is 4. The molecule has 27 heavy (non-hydrogen) atoms. The fourth-order valence-electron chi connectivity index (χ4n) is 2.64. The Balaban J connectivity index is 1.47. The van der Waals surface area contributed by atoms with E-state index in [4.69, 9.17) is 4.74 Å². The molecule has 1 heterocycles. The van der Waals surface area contributed by atoms with E-state index in [1.165, 1.54) is 5.56 Å². The molecule has 3 rings (SSSR count). The molecule has 5 heteroatoms. The molecule has 0 unspecified atom stereocenters. The lowest BCUT2D eigenvalue weighted by atomic mass is 10.1. The topological polar surface area (TPSA) is 51.2 Å². The van der Waals surface area contributed by atoms with E-state index in [0.29, 0.717) is 18.7 Å². The van der Waals surface area contributed by atoms with Crippen molar-refractivity contribution in [3.63, 3.8) is 0 Å². The van der Waals surface area contributed by atoms with Gasteiger partial charge in [-0.3, -0.25) is 4.79 Å².